The predicted octanol–water partition coefficient (Wildman–Crippen LogP) is 6.02. The molecular formula is C26H23F3N4O2. The van der Waals surface area contributed by atoms with Gasteiger partial charge in [-0.25, -0.2) is 9.97 Å². The van der Waals surface area contributed by atoms with Crippen molar-refractivity contribution in [3.8, 4) is 22.9 Å². The summed E-state index contributed by atoms with van der Waals surface area (Å²) in [4.78, 5) is 11.1. The molecule has 0 spiro atoms. The number of nitrogens with zero attached hydrogens (tertiary/aromatic N) is 4. The summed E-state index contributed by atoms with van der Waals surface area (Å²) in [6.45, 7) is 4.11. The molecule has 0 bridgehead atoms. The zero-order valence-electron chi connectivity index (χ0n) is 19.0. The molecule has 1 aliphatic rings. The molecule has 0 saturated heterocycles. The summed E-state index contributed by atoms with van der Waals surface area (Å²) in [5.74, 6) is 1.16. The highest BCUT2D eigenvalue weighted by molar-refractivity contribution is 5.67. The van der Waals surface area contributed by atoms with Gasteiger partial charge in [-0.15, -0.1) is 13.2 Å². The first-order valence-electron chi connectivity index (χ1n) is 11.2. The smallest absolute Gasteiger partial charge is 0.441 e. The molecule has 0 saturated carbocycles. The summed E-state index contributed by atoms with van der Waals surface area (Å²) in [7, 11) is 0. The number of imidazole rings is 1. The van der Waals surface area contributed by atoms with E-state index in [-0.39, 0.29) is 5.75 Å². The lowest BCUT2D eigenvalue weighted by atomic mass is 9.99. The number of ether oxygens (including phenoxy) is 1. The van der Waals surface area contributed by atoms with Crippen molar-refractivity contribution in [2.45, 2.75) is 26.3 Å². The van der Waals surface area contributed by atoms with Crippen molar-refractivity contribution in [2.75, 3.05) is 13.1 Å². The van der Waals surface area contributed by atoms with E-state index in [0.29, 0.717) is 12.4 Å². The second-order valence-corrected chi connectivity index (χ2v) is 8.33. The lowest BCUT2D eigenvalue weighted by molar-refractivity contribution is -0.274. The van der Waals surface area contributed by atoms with Gasteiger partial charge in [-0.3, -0.25) is 4.90 Å². The second-order valence-electron chi connectivity index (χ2n) is 8.33. The number of halogens is 3. The number of rotatable bonds is 6. The molecule has 0 unspecified atom stereocenters. The van der Waals surface area contributed by atoms with Crippen molar-refractivity contribution >= 4 is 5.57 Å². The first kappa shape index (κ1) is 22.9. The molecule has 4 aromatic rings. The highest BCUT2D eigenvalue weighted by Gasteiger charge is 2.31. The van der Waals surface area contributed by atoms with E-state index in [1.807, 2.05) is 42.0 Å². The molecule has 0 radical (unpaired) electrons. The molecule has 9 heteroatoms. The van der Waals surface area contributed by atoms with Gasteiger partial charge in [0.2, 0.25) is 5.89 Å². The van der Waals surface area contributed by atoms with Crippen molar-refractivity contribution in [3.63, 3.8) is 0 Å². The van der Waals surface area contributed by atoms with Gasteiger partial charge in [0.05, 0.1) is 12.0 Å². The summed E-state index contributed by atoms with van der Waals surface area (Å²) in [6, 6.07) is 14.0. The van der Waals surface area contributed by atoms with Crippen LogP contribution in [-0.2, 0) is 6.54 Å². The molecule has 6 nitrogen and oxygen atoms in total. The quantitative estimate of drug-likeness (QED) is 0.338. The van der Waals surface area contributed by atoms with Crippen molar-refractivity contribution in [3.05, 3.63) is 90.3 Å². The standard InChI is InChI=1S/C26H23F3N4O2/c1-18-24(31-25(34-18)21-2-6-22(7-3-21)33-15-12-30-17-33)16-32-13-10-20(11-14-32)19-4-8-23(9-5-19)35-26(27,28)29/h2-10,12,15,17H,11,13-14,16H2,1H3. The van der Waals surface area contributed by atoms with Crippen LogP contribution in [0, 0.1) is 6.92 Å². The first-order valence-corrected chi connectivity index (χ1v) is 11.2. The summed E-state index contributed by atoms with van der Waals surface area (Å²) < 4.78 is 48.9. The van der Waals surface area contributed by atoms with E-state index in [2.05, 4.69) is 20.7 Å². The van der Waals surface area contributed by atoms with Crippen LogP contribution in [0.3, 0.4) is 0 Å². The fourth-order valence-corrected chi connectivity index (χ4v) is 4.09. The Labute approximate surface area is 200 Å². The van der Waals surface area contributed by atoms with Crippen molar-refractivity contribution in [1.82, 2.24) is 19.4 Å². The third-order valence-electron chi connectivity index (χ3n) is 5.93. The van der Waals surface area contributed by atoms with Crippen LogP contribution in [0.2, 0.25) is 0 Å². The van der Waals surface area contributed by atoms with E-state index >= 15 is 0 Å². The Bertz CT molecular complexity index is 1310. The lowest BCUT2D eigenvalue weighted by Gasteiger charge is -2.25. The molecule has 180 valence electrons. The minimum absolute atomic E-state index is 0.215. The first-order chi connectivity index (χ1) is 16.8. The molecule has 2 aromatic heterocycles. The maximum atomic E-state index is 12.4. The monoisotopic (exact) mass is 480 g/mol. The van der Waals surface area contributed by atoms with Gasteiger partial charge in [0.25, 0.3) is 0 Å². The SMILES string of the molecule is Cc1oc(-c2ccc(-n3ccnc3)cc2)nc1CN1CC=C(c2ccc(OC(F)(F)F)cc2)CC1. The summed E-state index contributed by atoms with van der Waals surface area (Å²) >= 11 is 0. The molecule has 5 rings (SSSR count). The van der Waals surface area contributed by atoms with E-state index in [1.165, 1.54) is 12.1 Å². The molecule has 1 aliphatic heterocycles. The molecule has 0 aliphatic carbocycles. The molecule has 0 N–H and O–H groups in total. The minimum Gasteiger partial charge on any atom is -0.441 e. The van der Waals surface area contributed by atoms with Crippen LogP contribution in [0.25, 0.3) is 22.7 Å². The van der Waals surface area contributed by atoms with Gasteiger partial charge < -0.3 is 13.7 Å². The Kier molecular flexibility index (Phi) is 6.17. The molecule has 2 aromatic carbocycles. The lowest BCUT2D eigenvalue weighted by Crippen LogP contribution is -2.28. The highest BCUT2D eigenvalue weighted by atomic mass is 19.4. The van der Waals surface area contributed by atoms with Crippen LogP contribution in [0.4, 0.5) is 13.2 Å². The number of hydrogen-bond acceptors (Lipinski definition) is 5. The number of benzene rings is 2. The molecule has 0 amide bonds. The van der Waals surface area contributed by atoms with E-state index in [9.17, 15) is 13.2 Å². The van der Waals surface area contributed by atoms with Gasteiger partial charge in [0, 0.05) is 43.3 Å². The van der Waals surface area contributed by atoms with Gasteiger partial charge in [0.1, 0.15) is 11.5 Å². The Morgan fingerprint density at radius 3 is 2.40 bits per heavy atom. The third kappa shape index (κ3) is 5.46. The van der Waals surface area contributed by atoms with Gasteiger partial charge in [-0.05, 0) is 60.9 Å². The van der Waals surface area contributed by atoms with Crippen molar-refractivity contribution in [1.29, 1.82) is 0 Å². The maximum absolute atomic E-state index is 12.4. The van der Waals surface area contributed by atoms with Crippen LogP contribution >= 0.6 is 0 Å². The average molecular weight is 480 g/mol. The van der Waals surface area contributed by atoms with Crippen molar-refractivity contribution in [2.24, 2.45) is 0 Å². The Morgan fingerprint density at radius 1 is 1.03 bits per heavy atom. The summed E-state index contributed by atoms with van der Waals surface area (Å²) in [5.41, 5.74) is 4.81. The normalized spacial score (nSPS) is 14.7. The van der Waals surface area contributed by atoms with Crippen LogP contribution in [0.15, 0.2) is 77.7 Å². The number of aryl methyl sites for hydroxylation is 1. The van der Waals surface area contributed by atoms with Gasteiger partial charge in [0.15, 0.2) is 0 Å². The number of hydrogen-bond donors (Lipinski definition) is 0. The minimum atomic E-state index is -4.69. The largest absolute Gasteiger partial charge is 0.573 e. The molecule has 0 fully saturated rings. The van der Waals surface area contributed by atoms with Crippen molar-refractivity contribution < 1.29 is 22.3 Å². The number of alkyl halides is 3. The average Bonchev–Trinajstić information content (AvgIpc) is 3.50. The van der Waals surface area contributed by atoms with Crippen LogP contribution in [-0.4, -0.2) is 38.9 Å². The Hall–Kier alpha value is -3.85. The zero-order chi connectivity index (χ0) is 24.4. The molecule has 35 heavy (non-hydrogen) atoms. The van der Waals surface area contributed by atoms with Crippen LogP contribution < -0.4 is 4.74 Å². The fraction of sp³-hybridized carbons (Fsp3) is 0.231. The number of aromatic nitrogens is 3. The molecule has 3 heterocycles. The van der Waals surface area contributed by atoms with E-state index in [4.69, 9.17) is 9.40 Å². The van der Waals surface area contributed by atoms with Gasteiger partial charge in [-0.1, -0.05) is 18.2 Å². The summed E-state index contributed by atoms with van der Waals surface area (Å²) in [6.07, 6.45) is 3.58. The van der Waals surface area contributed by atoms with Gasteiger partial charge in [-0.2, -0.15) is 0 Å². The fourth-order valence-electron chi connectivity index (χ4n) is 4.09. The van der Waals surface area contributed by atoms with E-state index in [0.717, 1.165) is 53.4 Å². The highest BCUT2D eigenvalue weighted by Crippen LogP contribution is 2.29. The number of oxazole rings is 1. The Balaban J connectivity index is 1.22. The second kappa shape index (κ2) is 9.42. The summed E-state index contributed by atoms with van der Waals surface area (Å²) in [5, 5.41) is 0. The van der Waals surface area contributed by atoms with Gasteiger partial charge >= 0.3 is 6.36 Å². The maximum Gasteiger partial charge on any atom is 0.573 e. The molecular weight excluding hydrogens is 457 g/mol. The van der Waals surface area contributed by atoms with Crippen LogP contribution in [0.1, 0.15) is 23.4 Å². The predicted molar refractivity (Wildman–Crippen MR) is 125 cm³/mol. The molecule has 0 atom stereocenters. The van der Waals surface area contributed by atoms with E-state index in [1.54, 1.807) is 24.7 Å². The zero-order valence-corrected chi connectivity index (χ0v) is 19.0. The topological polar surface area (TPSA) is 56.3 Å². The Morgan fingerprint density at radius 2 is 1.77 bits per heavy atom. The van der Waals surface area contributed by atoms with Crippen LogP contribution in [0.5, 0.6) is 5.75 Å². The third-order valence-corrected chi connectivity index (χ3v) is 5.93. The van der Waals surface area contributed by atoms with E-state index < -0.39 is 6.36 Å².